The summed E-state index contributed by atoms with van der Waals surface area (Å²) in [5.74, 6) is -0.0264. The van der Waals surface area contributed by atoms with Crippen LogP contribution in [0.15, 0.2) is 90.3 Å². The van der Waals surface area contributed by atoms with Gasteiger partial charge in [0.15, 0.2) is 5.13 Å². The lowest BCUT2D eigenvalue weighted by molar-refractivity contribution is -0.116. The summed E-state index contributed by atoms with van der Waals surface area (Å²) in [6.45, 7) is 2.06. The number of nitrogens with zero attached hydrogens (tertiary/aromatic N) is 1. The van der Waals surface area contributed by atoms with Crippen molar-refractivity contribution in [1.29, 1.82) is 0 Å². The largest absolute Gasteiger partial charge is 0.302 e. The Morgan fingerprint density at radius 1 is 0.897 bits per heavy atom. The fourth-order valence-electron chi connectivity index (χ4n) is 3.34. The minimum Gasteiger partial charge on any atom is -0.302 e. The smallest absolute Gasteiger partial charge is 0.227 e. The SMILES string of the molecule is Cc1ccc(-c2csc(NC(=O)CC(c3ccccc3)c3ccccc3)n2)cc1. The van der Waals surface area contributed by atoms with Crippen LogP contribution in [-0.2, 0) is 4.79 Å². The van der Waals surface area contributed by atoms with Gasteiger partial charge < -0.3 is 5.32 Å². The number of anilines is 1. The molecule has 0 aliphatic rings. The van der Waals surface area contributed by atoms with Crippen LogP contribution in [0.1, 0.15) is 29.0 Å². The van der Waals surface area contributed by atoms with Gasteiger partial charge in [-0.15, -0.1) is 11.3 Å². The maximum Gasteiger partial charge on any atom is 0.227 e. The zero-order valence-corrected chi connectivity index (χ0v) is 17.0. The van der Waals surface area contributed by atoms with Crippen molar-refractivity contribution in [1.82, 2.24) is 4.98 Å². The second kappa shape index (κ2) is 8.84. The number of thiazole rings is 1. The van der Waals surface area contributed by atoms with E-state index >= 15 is 0 Å². The highest BCUT2D eigenvalue weighted by molar-refractivity contribution is 7.14. The van der Waals surface area contributed by atoms with E-state index in [1.807, 2.05) is 41.8 Å². The standard InChI is InChI=1S/C25H22N2OS/c1-18-12-14-21(15-13-18)23-17-29-25(26-23)27-24(28)16-22(19-8-4-2-5-9-19)20-10-6-3-7-11-20/h2-15,17,22H,16H2,1H3,(H,26,27,28). The van der Waals surface area contributed by atoms with Crippen molar-refractivity contribution >= 4 is 22.4 Å². The van der Waals surface area contributed by atoms with E-state index < -0.39 is 0 Å². The second-order valence-corrected chi connectivity index (χ2v) is 7.89. The Balaban J connectivity index is 1.49. The minimum atomic E-state index is -0.0347. The zero-order chi connectivity index (χ0) is 20.1. The molecule has 3 nitrogen and oxygen atoms in total. The van der Waals surface area contributed by atoms with Crippen LogP contribution in [0.4, 0.5) is 5.13 Å². The van der Waals surface area contributed by atoms with Gasteiger partial charge in [-0.25, -0.2) is 4.98 Å². The van der Waals surface area contributed by atoms with Gasteiger partial charge in [0.1, 0.15) is 0 Å². The van der Waals surface area contributed by atoms with E-state index in [1.165, 1.54) is 16.9 Å². The molecule has 4 heteroatoms. The van der Waals surface area contributed by atoms with Crippen molar-refractivity contribution < 1.29 is 4.79 Å². The van der Waals surface area contributed by atoms with Crippen LogP contribution in [0.2, 0.25) is 0 Å². The molecular weight excluding hydrogens is 376 g/mol. The molecule has 3 aromatic carbocycles. The highest BCUT2D eigenvalue weighted by Crippen LogP contribution is 2.29. The van der Waals surface area contributed by atoms with E-state index in [0.717, 1.165) is 22.4 Å². The summed E-state index contributed by atoms with van der Waals surface area (Å²) >= 11 is 1.45. The third-order valence-electron chi connectivity index (χ3n) is 4.89. The van der Waals surface area contributed by atoms with Crippen LogP contribution in [0.5, 0.6) is 0 Å². The van der Waals surface area contributed by atoms with Gasteiger partial charge in [-0.1, -0.05) is 90.5 Å². The molecule has 144 valence electrons. The van der Waals surface area contributed by atoms with Gasteiger partial charge in [0.05, 0.1) is 5.69 Å². The Labute approximate surface area is 175 Å². The summed E-state index contributed by atoms with van der Waals surface area (Å²) < 4.78 is 0. The summed E-state index contributed by atoms with van der Waals surface area (Å²) in [5.41, 5.74) is 5.42. The predicted octanol–water partition coefficient (Wildman–Crippen LogP) is 6.28. The Morgan fingerprint density at radius 2 is 1.48 bits per heavy atom. The molecule has 0 unspecified atom stereocenters. The number of hydrogen-bond acceptors (Lipinski definition) is 3. The summed E-state index contributed by atoms with van der Waals surface area (Å²) in [6, 6.07) is 28.6. The molecule has 0 atom stereocenters. The molecule has 0 spiro atoms. The number of aryl methyl sites for hydroxylation is 1. The number of benzene rings is 3. The molecule has 0 bridgehead atoms. The van der Waals surface area contributed by atoms with Crippen LogP contribution >= 0.6 is 11.3 Å². The molecule has 0 aliphatic carbocycles. The van der Waals surface area contributed by atoms with E-state index in [9.17, 15) is 4.79 Å². The molecule has 1 N–H and O–H groups in total. The van der Waals surface area contributed by atoms with Gasteiger partial charge in [-0.05, 0) is 18.1 Å². The van der Waals surface area contributed by atoms with Crippen LogP contribution in [0.3, 0.4) is 0 Å². The lowest BCUT2D eigenvalue weighted by atomic mass is 9.88. The Kier molecular flexibility index (Phi) is 5.82. The van der Waals surface area contributed by atoms with Gasteiger partial charge in [0.2, 0.25) is 5.91 Å². The first-order chi connectivity index (χ1) is 14.2. The fourth-order valence-corrected chi connectivity index (χ4v) is 4.08. The highest BCUT2D eigenvalue weighted by atomic mass is 32.1. The maximum atomic E-state index is 12.8. The average Bonchev–Trinajstić information content (AvgIpc) is 3.22. The Bertz CT molecular complexity index is 1030. The average molecular weight is 399 g/mol. The second-order valence-electron chi connectivity index (χ2n) is 7.03. The third-order valence-corrected chi connectivity index (χ3v) is 5.65. The number of hydrogen-bond donors (Lipinski definition) is 1. The molecule has 0 radical (unpaired) electrons. The van der Waals surface area contributed by atoms with Crippen molar-refractivity contribution in [2.24, 2.45) is 0 Å². The quantitative estimate of drug-likeness (QED) is 0.415. The normalized spacial score (nSPS) is 10.8. The lowest BCUT2D eigenvalue weighted by Gasteiger charge is -2.17. The predicted molar refractivity (Wildman–Crippen MR) is 120 cm³/mol. The van der Waals surface area contributed by atoms with E-state index in [2.05, 4.69) is 65.8 Å². The molecule has 29 heavy (non-hydrogen) atoms. The van der Waals surface area contributed by atoms with Gasteiger partial charge in [-0.3, -0.25) is 4.79 Å². The van der Waals surface area contributed by atoms with Crippen LogP contribution in [0, 0.1) is 6.92 Å². The van der Waals surface area contributed by atoms with Crippen molar-refractivity contribution in [3.05, 3.63) is 107 Å². The molecule has 4 aromatic rings. The number of aromatic nitrogens is 1. The van der Waals surface area contributed by atoms with E-state index in [1.54, 1.807) is 0 Å². The van der Waals surface area contributed by atoms with Crippen LogP contribution in [0.25, 0.3) is 11.3 Å². The fraction of sp³-hybridized carbons (Fsp3) is 0.120. The molecule has 0 fully saturated rings. The van der Waals surface area contributed by atoms with E-state index in [4.69, 9.17) is 0 Å². The van der Waals surface area contributed by atoms with Gasteiger partial charge in [0, 0.05) is 23.3 Å². The number of carbonyl (C=O) groups excluding carboxylic acids is 1. The summed E-state index contributed by atoms with van der Waals surface area (Å²) in [7, 11) is 0. The minimum absolute atomic E-state index is 0.00827. The molecule has 0 aliphatic heterocycles. The highest BCUT2D eigenvalue weighted by Gasteiger charge is 2.19. The van der Waals surface area contributed by atoms with Crippen molar-refractivity contribution in [3.63, 3.8) is 0 Å². The molecule has 0 saturated carbocycles. The molecule has 4 rings (SSSR count). The monoisotopic (exact) mass is 398 g/mol. The topological polar surface area (TPSA) is 42.0 Å². The summed E-state index contributed by atoms with van der Waals surface area (Å²) in [6.07, 6.45) is 0.369. The first-order valence-corrected chi connectivity index (χ1v) is 10.5. The Hall–Kier alpha value is -3.24. The van der Waals surface area contributed by atoms with Gasteiger partial charge in [-0.2, -0.15) is 0 Å². The molecular formula is C25H22N2OS. The Morgan fingerprint density at radius 3 is 2.07 bits per heavy atom. The number of amides is 1. The van der Waals surface area contributed by atoms with Crippen LogP contribution in [-0.4, -0.2) is 10.9 Å². The maximum absolute atomic E-state index is 12.8. The zero-order valence-electron chi connectivity index (χ0n) is 16.2. The number of nitrogens with one attached hydrogen (secondary N) is 1. The molecule has 0 saturated heterocycles. The first kappa shape index (κ1) is 19.1. The molecule has 1 heterocycles. The number of carbonyl (C=O) groups is 1. The van der Waals surface area contributed by atoms with Crippen molar-refractivity contribution in [2.75, 3.05) is 5.32 Å². The van der Waals surface area contributed by atoms with Crippen molar-refractivity contribution in [2.45, 2.75) is 19.3 Å². The van der Waals surface area contributed by atoms with Gasteiger partial charge in [0.25, 0.3) is 0 Å². The summed E-state index contributed by atoms with van der Waals surface area (Å²) in [5, 5.41) is 5.59. The van der Waals surface area contributed by atoms with E-state index in [0.29, 0.717) is 11.6 Å². The van der Waals surface area contributed by atoms with Crippen molar-refractivity contribution in [3.8, 4) is 11.3 Å². The molecule has 1 amide bonds. The van der Waals surface area contributed by atoms with E-state index in [-0.39, 0.29) is 11.8 Å². The van der Waals surface area contributed by atoms with Gasteiger partial charge >= 0.3 is 0 Å². The van der Waals surface area contributed by atoms with Crippen LogP contribution < -0.4 is 5.32 Å². The molecule has 1 aromatic heterocycles. The first-order valence-electron chi connectivity index (χ1n) is 9.61. The third kappa shape index (κ3) is 4.79. The lowest BCUT2D eigenvalue weighted by Crippen LogP contribution is -2.16. The summed E-state index contributed by atoms with van der Waals surface area (Å²) in [4.78, 5) is 17.4. The number of rotatable bonds is 6.